The van der Waals surface area contributed by atoms with Crippen molar-refractivity contribution in [1.29, 1.82) is 0 Å². The third-order valence-corrected chi connectivity index (χ3v) is 3.53. The lowest BCUT2D eigenvalue weighted by Crippen LogP contribution is -1.97. The number of hydrogen-bond donors (Lipinski definition) is 2. The number of nitrogens with one attached hydrogen (secondary N) is 1. The molecule has 94 valence electrons. The zero-order valence-electron chi connectivity index (χ0n) is 8.98. The first-order valence-electron chi connectivity index (χ1n) is 4.91. The molecule has 0 fully saturated rings. The van der Waals surface area contributed by atoms with Gasteiger partial charge in [-0.3, -0.25) is 4.79 Å². The second-order valence-corrected chi connectivity index (χ2v) is 5.22. The van der Waals surface area contributed by atoms with Gasteiger partial charge in [-0.25, -0.2) is 4.98 Å². The van der Waals surface area contributed by atoms with E-state index in [4.69, 9.17) is 28.3 Å². The van der Waals surface area contributed by atoms with Crippen LogP contribution in [0.25, 0.3) is 11.3 Å². The van der Waals surface area contributed by atoms with Crippen LogP contribution in [0.3, 0.4) is 0 Å². The monoisotopic (exact) mass is 302 g/mol. The summed E-state index contributed by atoms with van der Waals surface area (Å²) in [6.07, 6.45) is 1.61. The lowest BCUT2D eigenvalue weighted by atomic mass is 10.2. The molecule has 0 saturated heterocycles. The summed E-state index contributed by atoms with van der Waals surface area (Å²) in [7, 11) is 0. The number of rotatable bonds is 4. The van der Waals surface area contributed by atoms with Gasteiger partial charge in [0.15, 0.2) is 5.16 Å². The summed E-state index contributed by atoms with van der Waals surface area (Å²) in [4.78, 5) is 17.5. The standard InChI is InChI=1S/C11H8Cl2N2O2S/c12-6-1-2-7(8(13)3-6)9-4-14-11(15-9)18-5-10(16)17/h1-4H,5H2,(H,14,15)(H,16,17). The number of benzene rings is 1. The molecule has 0 aliphatic heterocycles. The highest BCUT2D eigenvalue weighted by molar-refractivity contribution is 7.99. The molecule has 0 bridgehead atoms. The molecule has 2 aromatic rings. The molecule has 18 heavy (non-hydrogen) atoms. The van der Waals surface area contributed by atoms with E-state index in [0.29, 0.717) is 15.2 Å². The quantitative estimate of drug-likeness (QED) is 0.848. The molecule has 0 saturated carbocycles. The van der Waals surface area contributed by atoms with Crippen LogP contribution in [0, 0.1) is 0 Å². The fourth-order valence-corrected chi connectivity index (χ4v) is 2.43. The Bertz CT molecular complexity index is 586. The van der Waals surface area contributed by atoms with Crippen molar-refractivity contribution in [3.8, 4) is 11.3 Å². The second-order valence-electron chi connectivity index (χ2n) is 3.41. The molecular formula is C11H8Cl2N2O2S. The van der Waals surface area contributed by atoms with Gasteiger partial charge in [0.2, 0.25) is 0 Å². The predicted octanol–water partition coefficient (Wildman–Crippen LogP) is 3.56. The van der Waals surface area contributed by atoms with Gasteiger partial charge in [-0.15, -0.1) is 0 Å². The van der Waals surface area contributed by atoms with Crippen LogP contribution in [-0.4, -0.2) is 26.8 Å². The van der Waals surface area contributed by atoms with Crippen molar-refractivity contribution in [2.24, 2.45) is 0 Å². The molecule has 0 atom stereocenters. The number of carboxylic acid groups (broad SMARTS) is 1. The summed E-state index contributed by atoms with van der Waals surface area (Å²) < 4.78 is 0. The molecule has 0 aliphatic carbocycles. The normalized spacial score (nSPS) is 10.6. The minimum Gasteiger partial charge on any atom is -0.481 e. The minimum absolute atomic E-state index is 0.0404. The second kappa shape index (κ2) is 5.65. The van der Waals surface area contributed by atoms with Crippen LogP contribution < -0.4 is 0 Å². The van der Waals surface area contributed by atoms with Crippen LogP contribution in [0.4, 0.5) is 0 Å². The zero-order chi connectivity index (χ0) is 13.1. The lowest BCUT2D eigenvalue weighted by Gasteiger charge is -2.01. The fraction of sp³-hybridized carbons (Fsp3) is 0.0909. The van der Waals surface area contributed by atoms with Gasteiger partial charge in [0.1, 0.15) is 0 Å². The highest BCUT2D eigenvalue weighted by atomic mass is 35.5. The molecule has 0 spiro atoms. The average Bonchev–Trinajstić information content (AvgIpc) is 2.75. The van der Waals surface area contributed by atoms with Gasteiger partial charge < -0.3 is 10.1 Å². The van der Waals surface area contributed by atoms with Gasteiger partial charge in [0.25, 0.3) is 0 Å². The van der Waals surface area contributed by atoms with Crippen molar-refractivity contribution in [3.05, 3.63) is 34.4 Å². The van der Waals surface area contributed by atoms with Gasteiger partial charge in [-0.2, -0.15) is 0 Å². The Labute approximate surface area is 117 Å². The number of nitrogens with zero attached hydrogens (tertiary/aromatic N) is 1. The van der Waals surface area contributed by atoms with Gasteiger partial charge in [0, 0.05) is 10.6 Å². The maximum Gasteiger partial charge on any atom is 0.313 e. The molecule has 0 aliphatic rings. The number of aromatic amines is 1. The molecular weight excluding hydrogens is 295 g/mol. The van der Waals surface area contributed by atoms with Gasteiger partial charge in [-0.05, 0) is 18.2 Å². The Morgan fingerprint density at radius 1 is 1.44 bits per heavy atom. The summed E-state index contributed by atoms with van der Waals surface area (Å²) >= 11 is 13.0. The number of hydrogen-bond acceptors (Lipinski definition) is 3. The largest absolute Gasteiger partial charge is 0.481 e. The Morgan fingerprint density at radius 2 is 2.22 bits per heavy atom. The van der Waals surface area contributed by atoms with E-state index in [-0.39, 0.29) is 5.75 Å². The minimum atomic E-state index is -0.887. The van der Waals surface area contributed by atoms with E-state index >= 15 is 0 Å². The molecule has 0 amide bonds. The maximum absolute atomic E-state index is 10.4. The number of aromatic nitrogens is 2. The van der Waals surface area contributed by atoms with Crippen LogP contribution in [-0.2, 0) is 4.79 Å². The Morgan fingerprint density at radius 3 is 2.89 bits per heavy atom. The van der Waals surface area contributed by atoms with Crippen molar-refractivity contribution < 1.29 is 9.90 Å². The smallest absolute Gasteiger partial charge is 0.313 e. The summed E-state index contributed by atoms with van der Waals surface area (Å²) in [6.45, 7) is 0. The molecule has 2 rings (SSSR count). The van der Waals surface area contributed by atoms with E-state index in [9.17, 15) is 4.79 Å². The maximum atomic E-state index is 10.4. The Hall–Kier alpha value is -1.17. The number of carboxylic acids is 1. The van der Waals surface area contributed by atoms with Gasteiger partial charge >= 0.3 is 5.97 Å². The van der Waals surface area contributed by atoms with Gasteiger partial charge in [-0.1, -0.05) is 35.0 Å². The first-order chi connectivity index (χ1) is 8.56. The summed E-state index contributed by atoms with van der Waals surface area (Å²) in [6, 6.07) is 5.15. The predicted molar refractivity (Wildman–Crippen MR) is 72.4 cm³/mol. The first kappa shape index (κ1) is 13.3. The number of carbonyl (C=O) groups is 1. The summed E-state index contributed by atoms with van der Waals surface area (Å²) in [5, 5.41) is 10.2. The molecule has 1 heterocycles. The van der Waals surface area contributed by atoms with Crippen molar-refractivity contribution in [3.63, 3.8) is 0 Å². The van der Waals surface area contributed by atoms with Crippen LogP contribution in [0.15, 0.2) is 29.6 Å². The number of thioether (sulfide) groups is 1. The van der Waals surface area contributed by atoms with E-state index in [0.717, 1.165) is 23.0 Å². The number of H-pyrrole nitrogens is 1. The molecule has 0 unspecified atom stereocenters. The molecule has 1 aromatic heterocycles. The SMILES string of the molecule is O=C(O)CSc1ncc(-c2ccc(Cl)cc2Cl)[nH]1. The molecule has 2 N–H and O–H groups in total. The third-order valence-electron chi connectivity index (χ3n) is 2.11. The van der Waals surface area contributed by atoms with E-state index in [1.54, 1.807) is 24.4 Å². The number of imidazole rings is 1. The Kier molecular flexibility index (Phi) is 4.16. The van der Waals surface area contributed by atoms with E-state index in [1.807, 2.05) is 0 Å². The molecule has 0 radical (unpaired) electrons. The molecule has 4 nitrogen and oxygen atoms in total. The lowest BCUT2D eigenvalue weighted by molar-refractivity contribution is -0.133. The van der Waals surface area contributed by atoms with Crippen LogP contribution in [0.1, 0.15) is 0 Å². The van der Waals surface area contributed by atoms with Crippen LogP contribution in [0.5, 0.6) is 0 Å². The van der Waals surface area contributed by atoms with E-state index in [2.05, 4.69) is 9.97 Å². The van der Waals surface area contributed by atoms with Gasteiger partial charge in [0.05, 0.1) is 22.7 Å². The van der Waals surface area contributed by atoms with Crippen LogP contribution >= 0.6 is 35.0 Å². The zero-order valence-corrected chi connectivity index (χ0v) is 11.3. The highest BCUT2D eigenvalue weighted by Crippen LogP contribution is 2.30. The summed E-state index contributed by atoms with van der Waals surface area (Å²) in [5.41, 5.74) is 1.50. The van der Waals surface area contributed by atoms with Crippen molar-refractivity contribution in [2.45, 2.75) is 5.16 Å². The highest BCUT2D eigenvalue weighted by Gasteiger charge is 2.09. The number of aliphatic carboxylic acids is 1. The first-order valence-corrected chi connectivity index (χ1v) is 6.65. The van der Waals surface area contributed by atoms with E-state index < -0.39 is 5.97 Å². The van der Waals surface area contributed by atoms with Crippen molar-refractivity contribution in [1.82, 2.24) is 9.97 Å². The van der Waals surface area contributed by atoms with Crippen molar-refractivity contribution in [2.75, 3.05) is 5.75 Å². The molecule has 7 heteroatoms. The van der Waals surface area contributed by atoms with E-state index in [1.165, 1.54) is 0 Å². The summed E-state index contributed by atoms with van der Waals surface area (Å²) in [5.74, 6) is -0.927. The van der Waals surface area contributed by atoms with Crippen molar-refractivity contribution >= 4 is 40.9 Å². The third kappa shape index (κ3) is 3.19. The number of halogens is 2. The topological polar surface area (TPSA) is 66.0 Å². The average molecular weight is 303 g/mol. The fourth-order valence-electron chi connectivity index (χ4n) is 1.35. The van der Waals surface area contributed by atoms with Crippen LogP contribution in [0.2, 0.25) is 10.0 Å². The Balaban J connectivity index is 2.21. The molecule has 1 aromatic carbocycles.